The fourth-order valence-electron chi connectivity index (χ4n) is 4.85. The molecule has 0 spiro atoms. The number of carbonyl (C=O) groups is 1. The Labute approximate surface area is 203 Å². The van der Waals surface area contributed by atoms with E-state index in [1.807, 2.05) is 17.0 Å². The first-order valence-corrected chi connectivity index (χ1v) is 13.1. The van der Waals surface area contributed by atoms with Crippen LogP contribution in [0.25, 0.3) is 0 Å². The van der Waals surface area contributed by atoms with Gasteiger partial charge in [0, 0.05) is 35.3 Å². The monoisotopic (exact) mass is 450 g/mol. The highest BCUT2D eigenvalue weighted by atomic mass is 16.2. The Bertz CT molecular complexity index is 807. The molecule has 0 unspecified atom stereocenters. The molecule has 2 aromatic rings. The third-order valence-corrected chi connectivity index (χ3v) is 6.63. The fraction of sp³-hybridized carbons (Fsp3) is 0.567. The second-order valence-electron chi connectivity index (χ2n) is 9.95. The molecule has 0 saturated carbocycles. The minimum Gasteiger partial charge on any atom is -0.382 e. The molecule has 0 heterocycles. The summed E-state index contributed by atoms with van der Waals surface area (Å²) in [7, 11) is 0. The van der Waals surface area contributed by atoms with Crippen molar-refractivity contribution >= 4 is 11.6 Å². The minimum atomic E-state index is 0.139. The third kappa shape index (κ3) is 8.21. The molecular weight excluding hydrogens is 404 g/mol. The molecule has 0 aliphatic carbocycles. The number of carbonyl (C=O) groups excluding carboxylic acids is 1. The molecule has 182 valence electrons. The Morgan fingerprint density at radius 2 is 1.36 bits per heavy atom. The average Bonchev–Trinajstić information content (AvgIpc) is 2.80. The molecule has 33 heavy (non-hydrogen) atoms. The Hall–Kier alpha value is -2.29. The summed E-state index contributed by atoms with van der Waals surface area (Å²) in [4.78, 5) is 15.6. The average molecular weight is 451 g/mol. The molecule has 0 radical (unpaired) electrons. The van der Waals surface area contributed by atoms with Crippen LogP contribution in [-0.4, -0.2) is 28.9 Å². The zero-order valence-corrected chi connectivity index (χ0v) is 21.8. The van der Waals surface area contributed by atoms with Crippen LogP contribution in [0.1, 0.15) is 108 Å². The lowest BCUT2D eigenvalue weighted by Gasteiger charge is -2.33. The highest BCUT2D eigenvalue weighted by molar-refractivity contribution is 5.96. The predicted molar refractivity (Wildman–Crippen MR) is 143 cm³/mol. The number of hydrogen-bond donors (Lipinski definition) is 1. The van der Waals surface area contributed by atoms with Crippen molar-refractivity contribution in [1.29, 1.82) is 0 Å². The van der Waals surface area contributed by atoms with Gasteiger partial charge in [-0.25, -0.2) is 0 Å². The molecule has 0 fully saturated rings. The topological polar surface area (TPSA) is 32.3 Å². The molecule has 0 aliphatic heterocycles. The second kappa shape index (κ2) is 14.1. The van der Waals surface area contributed by atoms with E-state index < -0.39 is 0 Å². The zero-order chi connectivity index (χ0) is 24.2. The number of unbranched alkanes of at least 4 members (excludes halogenated alkanes) is 5. The molecular formula is C30H46N2O. The van der Waals surface area contributed by atoms with Crippen molar-refractivity contribution < 1.29 is 4.79 Å². The Balaban J connectivity index is 2.25. The van der Waals surface area contributed by atoms with E-state index in [4.69, 9.17) is 0 Å². The zero-order valence-electron chi connectivity index (χ0n) is 21.8. The first-order valence-electron chi connectivity index (χ1n) is 13.1. The van der Waals surface area contributed by atoms with E-state index in [0.29, 0.717) is 0 Å². The molecule has 0 bridgehead atoms. The lowest BCUT2D eigenvalue weighted by Crippen LogP contribution is -2.42. The van der Waals surface area contributed by atoms with E-state index in [1.165, 1.54) is 38.5 Å². The SMILES string of the molecule is CCCCCCCC[C@H](Nc1ccccc1)[C@@H](C)c1ccccc1C(=O)N(C(C)C)C(C)C. The van der Waals surface area contributed by atoms with Crippen LogP contribution < -0.4 is 5.32 Å². The number of nitrogens with zero attached hydrogens (tertiary/aromatic N) is 1. The van der Waals surface area contributed by atoms with Gasteiger partial charge in [0.15, 0.2) is 0 Å². The smallest absolute Gasteiger partial charge is 0.254 e. The lowest BCUT2D eigenvalue weighted by molar-refractivity contribution is 0.0642. The summed E-state index contributed by atoms with van der Waals surface area (Å²) in [5.74, 6) is 0.364. The molecule has 2 atom stereocenters. The van der Waals surface area contributed by atoms with Crippen molar-refractivity contribution in [2.45, 2.75) is 111 Å². The Morgan fingerprint density at radius 1 is 0.788 bits per heavy atom. The summed E-state index contributed by atoms with van der Waals surface area (Å²) < 4.78 is 0. The van der Waals surface area contributed by atoms with Crippen LogP contribution >= 0.6 is 0 Å². The summed E-state index contributed by atoms with van der Waals surface area (Å²) in [6, 6.07) is 19.3. The molecule has 0 aliphatic rings. The Kier molecular flexibility index (Phi) is 11.5. The molecule has 0 saturated heterocycles. The van der Waals surface area contributed by atoms with E-state index >= 15 is 0 Å². The van der Waals surface area contributed by atoms with Gasteiger partial charge in [-0.1, -0.05) is 88.8 Å². The van der Waals surface area contributed by atoms with Crippen molar-refractivity contribution in [2.24, 2.45) is 0 Å². The lowest BCUT2D eigenvalue weighted by atomic mass is 9.86. The van der Waals surface area contributed by atoms with Gasteiger partial charge in [0.2, 0.25) is 0 Å². The van der Waals surface area contributed by atoms with Crippen LogP contribution in [0.15, 0.2) is 54.6 Å². The molecule has 2 rings (SSSR count). The molecule has 1 amide bonds. The maximum Gasteiger partial charge on any atom is 0.254 e. The van der Waals surface area contributed by atoms with Crippen LogP contribution in [0.2, 0.25) is 0 Å². The first kappa shape index (κ1) is 27.0. The third-order valence-electron chi connectivity index (χ3n) is 6.63. The van der Waals surface area contributed by atoms with Gasteiger partial charge in [0.1, 0.15) is 0 Å². The number of nitrogens with one attached hydrogen (secondary N) is 1. The number of amides is 1. The van der Waals surface area contributed by atoms with Crippen LogP contribution in [0.4, 0.5) is 5.69 Å². The summed E-state index contributed by atoms with van der Waals surface area (Å²) in [6.07, 6.45) is 8.84. The van der Waals surface area contributed by atoms with Gasteiger partial charge in [-0.2, -0.15) is 0 Å². The highest BCUT2D eigenvalue weighted by Crippen LogP contribution is 2.30. The van der Waals surface area contributed by atoms with E-state index in [9.17, 15) is 4.79 Å². The van der Waals surface area contributed by atoms with Crippen LogP contribution in [0, 0.1) is 0 Å². The standard InChI is InChI=1S/C30H46N2O/c1-7-8-9-10-11-15-22-29(31-26-18-13-12-14-19-26)25(6)27-20-16-17-21-28(27)30(33)32(23(2)3)24(4)5/h12-14,16-21,23-25,29,31H,7-11,15,22H2,1-6H3/t25-,29-/m0/s1. The van der Waals surface area contributed by atoms with Crippen molar-refractivity contribution in [2.75, 3.05) is 5.32 Å². The fourth-order valence-corrected chi connectivity index (χ4v) is 4.85. The quantitative estimate of drug-likeness (QED) is 0.294. The van der Waals surface area contributed by atoms with Crippen molar-refractivity contribution in [3.05, 3.63) is 65.7 Å². The molecule has 0 aromatic heterocycles. The summed E-state index contributed by atoms with van der Waals surface area (Å²) in [6.45, 7) is 12.9. The van der Waals surface area contributed by atoms with Gasteiger partial charge < -0.3 is 10.2 Å². The number of anilines is 1. The van der Waals surface area contributed by atoms with Crippen molar-refractivity contribution in [1.82, 2.24) is 4.90 Å². The molecule has 1 N–H and O–H groups in total. The van der Waals surface area contributed by atoms with Crippen molar-refractivity contribution in [3.63, 3.8) is 0 Å². The number of benzene rings is 2. The summed E-state index contributed by atoms with van der Waals surface area (Å²) in [5, 5.41) is 3.80. The number of para-hydroxylation sites is 1. The summed E-state index contributed by atoms with van der Waals surface area (Å²) in [5.41, 5.74) is 3.14. The van der Waals surface area contributed by atoms with Crippen LogP contribution in [0.3, 0.4) is 0 Å². The van der Waals surface area contributed by atoms with Gasteiger partial charge in [0.25, 0.3) is 5.91 Å². The maximum absolute atomic E-state index is 13.6. The van der Waals surface area contributed by atoms with E-state index in [-0.39, 0.29) is 30.0 Å². The van der Waals surface area contributed by atoms with Crippen LogP contribution in [-0.2, 0) is 0 Å². The van der Waals surface area contributed by atoms with Gasteiger partial charge in [-0.3, -0.25) is 4.79 Å². The molecule has 3 nitrogen and oxygen atoms in total. The Morgan fingerprint density at radius 3 is 2.00 bits per heavy atom. The van der Waals surface area contributed by atoms with Crippen LogP contribution in [0.5, 0.6) is 0 Å². The van der Waals surface area contributed by atoms with E-state index in [0.717, 1.165) is 23.2 Å². The largest absolute Gasteiger partial charge is 0.382 e. The minimum absolute atomic E-state index is 0.139. The predicted octanol–water partition coefficient (Wildman–Crippen LogP) is 8.28. The molecule has 2 aromatic carbocycles. The van der Waals surface area contributed by atoms with Gasteiger partial charge in [0.05, 0.1) is 0 Å². The highest BCUT2D eigenvalue weighted by Gasteiger charge is 2.27. The number of hydrogen-bond acceptors (Lipinski definition) is 2. The maximum atomic E-state index is 13.6. The van der Waals surface area contributed by atoms with Gasteiger partial charge >= 0.3 is 0 Å². The molecule has 3 heteroatoms. The summed E-state index contributed by atoms with van der Waals surface area (Å²) >= 11 is 0. The van der Waals surface area contributed by atoms with Crippen molar-refractivity contribution in [3.8, 4) is 0 Å². The van der Waals surface area contributed by atoms with E-state index in [2.05, 4.69) is 89.3 Å². The first-order chi connectivity index (χ1) is 15.9. The van der Waals surface area contributed by atoms with Gasteiger partial charge in [-0.05, 0) is 57.9 Å². The second-order valence-corrected chi connectivity index (χ2v) is 9.95. The number of rotatable bonds is 14. The van der Waals surface area contributed by atoms with E-state index in [1.54, 1.807) is 0 Å². The normalized spacial score (nSPS) is 13.2. The van der Waals surface area contributed by atoms with Gasteiger partial charge in [-0.15, -0.1) is 0 Å².